The summed E-state index contributed by atoms with van der Waals surface area (Å²) >= 11 is 0. The molecule has 2 fully saturated rings. The number of hydrogen-bond acceptors (Lipinski definition) is 10. The molecule has 1 unspecified atom stereocenters. The molecule has 4 aromatic rings. The van der Waals surface area contributed by atoms with Gasteiger partial charge < -0.3 is 29.3 Å². The highest BCUT2D eigenvalue weighted by Crippen LogP contribution is 2.40. The maximum atomic E-state index is 13.8. The Kier molecular flexibility index (Phi) is 8.94. The van der Waals surface area contributed by atoms with Crippen molar-refractivity contribution in [2.75, 3.05) is 25.1 Å². The van der Waals surface area contributed by atoms with Gasteiger partial charge in [0.05, 0.1) is 31.5 Å². The summed E-state index contributed by atoms with van der Waals surface area (Å²) in [6, 6.07) is 11.4. The van der Waals surface area contributed by atoms with Crippen LogP contribution in [0.5, 0.6) is 11.6 Å². The lowest BCUT2D eigenvalue weighted by atomic mass is 9.96. The van der Waals surface area contributed by atoms with Crippen LogP contribution in [0.2, 0.25) is 0 Å². The second kappa shape index (κ2) is 13.0. The quantitative estimate of drug-likeness (QED) is 0.219. The number of alkyl halides is 4. The first kappa shape index (κ1) is 33.1. The molecule has 0 radical (unpaired) electrons. The van der Waals surface area contributed by atoms with Crippen molar-refractivity contribution >= 4 is 11.9 Å². The van der Waals surface area contributed by atoms with Crippen molar-refractivity contribution in [3.63, 3.8) is 0 Å². The number of aryl methyl sites for hydroxylation is 1. The molecule has 0 bridgehead atoms. The monoisotopic (exact) mass is 669 g/mol. The van der Waals surface area contributed by atoms with E-state index in [-0.39, 0.29) is 37.0 Å². The van der Waals surface area contributed by atoms with Gasteiger partial charge in [0.1, 0.15) is 18.0 Å². The fraction of sp³-hybridized carbons (Fsp3) is 0.333. The number of carboxylic acids is 1. The first-order valence-electron chi connectivity index (χ1n) is 14.9. The van der Waals surface area contributed by atoms with E-state index in [0.717, 1.165) is 5.56 Å². The maximum absolute atomic E-state index is 13.8. The molecule has 6 rings (SSSR count). The van der Waals surface area contributed by atoms with Gasteiger partial charge in [0.15, 0.2) is 0 Å². The summed E-state index contributed by atoms with van der Waals surface area (Å²) in [5.74, 6) is -0.941. The molecule has 0 aliphatic carbocycles. The van der Waals surface area contributed by atoms with Crippen LogP contribution in [0.25, 0.3) is 22.3 Å². The Balaban J connectivity index is 1.37. The van der Waals surface area contributed by atoms with Crippen molar-refractivity contribution in [1.82, 2.24) is 19.9 Å². The van der Waals surface area contributed by atoms with Gasteiger partial charge in [-0.1, -0.05) is 18.2 Å². The Bertz CT molecular complexity index is 1840. The van der Waals surface area contributed by atoms with Gasteiger partial charge in [-0.3, -0.25) is 0 Å². The molecular weight excluding hydrogens is 638 g/mol. The summed E-state index contributed by atoms with van der Waals surface area (Å²) in [5, 5.41) is 20.4. The zero-order valence-corrected chi connectivity index (χ0v) is 26.0. The van der Waals surface area contributed by atoms with Crippen LogP contribution in [-0.2, 0) is 11.3 Å². The molecule has 2 saturated heterocycles. The number of ether oxygens (including phenoxy) is 3. The van der Waals surface area contributed by atoms with Gasteiger partial charge in [0.25, 0.3) is 0 Å². The van der Waals surface area contributed by atoms with E-state index in [2.05, 4.69) is 14.7 Å². The number of aliphatic hydroxyl groups is 1. The van der Waals surface area contributed by atoms with Gasteiger partial charge in [-0.05, 0) is 60.9 Å². The summed E-state index contributed by atoms with van der Waals surface area (Å²) in [6.07, 6.45) is -5.00. The van der Waals surface area contributed by atoms with Gasteiger partial charge in [-0.2, -0.15) is 0 Å². The van der Waals surface area contributed by atoms with E-state index in [1.807, 2.05) is 6.07 Å². The summed E-state index contributed by atoms with van der Waals surface area (Å²) in [4.78, 5) is 28.5. The molecule has 2 aromatic carbocycles. The van der Waals surface area contributed by atoms with Crippen LogP contribution in [0, 0.1) is 6.92 Å². The number of aromatic carboxylic acids is 1. The number of aromatic nitrogens is 3. The third-order valence-corrected chi connectivity index (χ3v) is 8.36. The largest absolute Gasteiger partial charge is 0.573 e. The number of anilines is 1. The predicted octanol–water partition coefficient (Wildman–Crippen LogP) is 5.52. The fourth-order valence-electron chi connectivity index (χ4n) is 5.91. The number of methoxy groups -OCH3 is 1. The Labute approximate surface area is 272 Å². The van der Waals surface area contributed by atoms with Crippen LogP contribution in [0.15, 0.2) is 60.9 Å². The smallest absolute Gasteiger partial charge is 0.481 e. The van der Waals surface area contributed by atoms with Crippen molar-refractivity contribution in [3.8, 4) is 33.9 Å². The number of pyridine rings is 1. The summed E-state index contributed by atoms with van der Waals surface area (Å²) < 4.78 is 67.9. The molecule has 252 valence electrons. The lowest BCUT2D eigenvalue weighted by Crippen LogP contribution is -2.49. The van der Waals surface area contributed by atoms with Gasteiger partial charge in [0, 0.05) is 41.7 Å². The number of rotatable bonds is 9. The number of hydrogen-bond donors (Lipinski definition) is 2. The summed E-state index contributed by atoms with van der Waals surface area (Å²) in [6.45, 7) is 3.78. The minimum absolute atomic E-state index is 0.00492. The fourth-order valence-corrected chi connectivity index (χ4v) is 5.91. The van der Waals surface area contributed by atoms with Crippen LogP contribution in [0.1, 0.15) is 40.2 Å². The molecule has 48 heavy (non-hydrogen) atoms. The van der Waals surface area contributed by atoms with Crippen molar-refractivity contribution < 1.29 is 46.8 Å². The van der Waals surface area contributed by atoms with Gasteiger partial charge in [0.2, 0.25) is 18.2 Å². The molecular formula is C33H31F4N5O6. The second-order valence-electron chi connectivity index (χ2n) is 11.6. The minimum atomic E-state index is -4.88. The zero-order valence-electron chi connectivity index (χ0n) is 26.0. The number of benzene rings is 2. The van der Waals surface area contributed by atoms with Crippen molar-refractivity contribution in [2.45, 2.75) is 51.5 Å². The van der Waals surface area contributed by atoms with Crippen LogP contribution >= 0.6 is 0 Å². The van der Waals surface area contributed by atoms with Crippen molar-refractivity contribution in [3.05, 3.63) is 83.3 Å². The molecule has 2 aliphatic heterocycles. The van der Waals surface area contributed by atoms with E-state index in [0.29, 0.717) is 33.5 Å². The molecule has 2 aliphatic rings. The van der Waals surface area contributed by atoms with E-state index in [4.69, 9.17) is 14.5 Å². The number of carbonyl (C=O) groups is 1. The minimum Gasteiger partial charge on any atom is -0.481 e. The maximum Gasteiger partial charge on any atom is 0.573 e. The highest BCUT2D eigenvalue weighted by molar-refractivity contribution is 5.89. The second-order valence-corrected chi connectivity index (χ2v) is 11.6. The molecule has 3 atom stereocenters. The number of carboxylic acid groups (broad SMARTS) is 1. The average Bonchev–Trinajstić information content (AvgIpc) is 3.30. The first-order chi connectivity index (χ1) is 22.8. The Morgan fingerprint density at radius 1 is 1.06 bits per heavy atom. The van der Waals surface area contributed by atoms with Gasteiger partial charge in [-0.25, -0.2) is 29.0 Å². The molecule has 15 heteroatoms. The van der Waals surface area contributed by atoms with Crippen LogP contribution in [0.3, 0.4) is 0 Å². The van der Waals surface area contributed by atoms with E-state index in [9.17, 15) is 32.6 Å². The molecule has 4 heterocycles. The van der Waals surface area contributed by atoms with Gasteiger partial charge >= 0.3 is 12.3 Å². The molecule has 2 aromatic heterocycles. The van der Waals surface area contributed by atoms with E-state index >= 15 is 0 Å². The Hall–Kier alpha value is -4.86. The Morgan fingerprint density at radius 3 is 2.50 bits per heavy atom. The molecule has 0 amide bonds. The molecule has 0 saturated carbocycles. The van der Waals surface area contributed by atoms with Crippen LogP contribution in [0.4, 0.5) is 23.5 Å². The number of nitrogens with zero attached hydrogens (tertiary/aromatic N) is 5. The lowest BCUT2D eigenvalue weighted by Gasteiger charge is -2.34. The normalized spacial score (nSPS) is 20.1. The molecule has 11 nitrogen and oxygen atoms in total. The number of aliphatic hydroxyl groups excluding tert-OH is 1. The topological polar surface area (TPSA) is 130 Å². The van der Waals surface area contributed by atoms with Crippen molar-refractivity contribution in [2.24, 2.45) is 0 Å². The van der Waals surface area contributed by atoms with E-state index < -0.39 is 42.8 Å². The zero-order chi connectivity index (χ0) is 34.3. The first-order valence-corrected chi connectivity index (χ1v) is 14.9. The highest BCUT2D eigenvalue weighted by atomic mass is 19.4. The van der Waals surface area contributed by atoms with Crippen LogP contribution < -0.4 is 14.4 Å². The van der Waals surface area contributed by atoms with Crippen LogP contribution in [-0.4, -0.2) is 81.2 Å². The predicted molar refractivity (Wildman–Crippen MR) is 164 cm³/mol. The summed E-state index contributed by atoms with van der Waals surface area (Å²) in [7, 11) is 1.45. The Morgan fingerprint density at radius 2 is 1.83 bits per heavy atom. The SMILES string of the molecule is COc1ncc(-c2ccc(C(=O)O)cc2C)cc1-c1cnc(N2CC(F)C2)nc1CN1C(O)O[C@H](c2cccc(OC(F)(F)F)c2)[C@@H]1C. The summed E-state index contributed by atoms with van der Waals surface area (Å²) in [5.41, 5.74) is 4.03. The molecule has 2 N–H and O–H groups in total. The van der Waals surface area contributed by atoms with Crippen molar-refractivity contribution in [1.29, 1.82) is 0 Å². The van der Waals surface area contributed by atoms with E-state index in [1.165, 1.54) is 31.4 Å². The highest BCUT2D eigenvalue weighted by Gasteiger charge is 2.41. The third kappa shape index (κ3) is 6.74. The lowest BCUT2D eigenvalue weighted by molar-refractivity contribution is -0.274. The number of halogens is 4. The molecule has 0 spiro atoms. The third-order valence-electron chi connectivity index (χ3n) is 8.36. The van der Waals surface area contributed by atoms with Gasteiger partial charge in [-0.15, -0.1) is 13.2 Å². The average molecular weight is 670 g/mol. The van der Waals surface area contributed by atoms with E-state index in [1.54, 1.807) is 54.2 Å². The standard InChI is InChI=1S/C33H31F4N5O6/c1-17-9-20(30(43)44)7-8-24(17)21-11-25(29(46-3)38-12-21)26-13-39-31(41-14-22(34)15-41)40-27(26)16-42-18(2)28(47-32(42)45)19-5-4-6-23(10-19)48-33(35,36)37/h4-13,18,22,28,32,45H,14-16H2,1-3H3,(H,43,44)/t18-,28-,32?/m0/s1.